The minimum Gasteiger partial charge on any atom is -0.406 e. The van der Waals surface area contributed by atoms with Gasteiger partial charge < -0.3 is 4.74 Å². The number of aromatic nitrogens is 1. The van der Waals surface area contributed by atoms with Gasteiger partial charge in [-0.1, -0.05) is 0 Å². The monoisotopic (exact) mass is 309 g/mol. The average molecular weight is 309 g/mol. The van der Waals surface area contributed by atoms with E-state index in [1.165, 1.54) is 42.9 Å². The highest BCUT2D eigenvalue weighted by Crippen LogP contribution is 2.22. The Morgan fingerprint density at radius 1 is 1.14 bits per heavy atom. The van der Waals surface area contributed by atoms with Crippen molar-refractivity contribution in [3.05, 3.63) is 59.9 Å². The molecule has 5 nitrogen and oxygen atoms in total. The Labute approximate surface area is 123 Å². The van der Waals surface area contributed by atoms with Gasteiger partial charge in [0, 0.05) is 18.0 Å². The zero-order chi connectivity index (χ0) is 16.0. The predicted octanol–water partition coefficient (Wildman–Crippen LogP) is 2.74. The van der Waals surface area contributed by atoms with Crippen LogP contribution in [0, 0.1) is 0 Å². The summed E-state index contributed by atoms with van der Waals surface area (Å²) in [6.07, 6.45) is -0.486. The van der Waals surface area contributed by atoms with Gasteiger partial charge in [0.05, 0.1) is 6.21 Å². The molecular formula is C14H10F3N3O2. The number of benzene rings is 1. The van der Waals surface area contributed by atoms with Crippen molar-refractivity contribution in [2.45, 2.75) is 6.36 Å². The molecular weight excluding hydrogens is 299 g/mol. The number of nitrogens with zero attached hydrogens (tertiary/aromatic N) is 2. The predicted molar refractivity (Wildman–Crippen MR) is 72.4 cm³/mol. The number of carbonyl (C=O) groups excluding carboxylic acids is 1. The number of nitrogens with one attached hydrogen (secondary N) is 1. The molecule has 1 aromatic carbocycles. The zero-order valence-corrected chi connectivity index (χ0v) is 11.0. The van der Waals surface area contributed by atoms with E-state index in [0.29, 0.717) is 11.1 Å². The first-order valence-corrected chi connectivity index (χ1v) is 6.03. The van der Waals surface area contributed by atoms with Crippen LogP contribution in [-0.2, 0) is 0 Å². The smallest absolute Gasteiger partial charge is 0.406 e. The molecule has 0 fully saturated rings. The number of hydrogen-bond acceptors (Lipinski definition) is 4. The van der Waals surface area contributed by atoms with Gasteiger partial charge >= 0.3 is 6.36 Å². The molecule has 8 heteroatoms. The molecule has 0 spiro atoms. The largest absolute Gasteiger partial charge is 0.573 e. The van der Waals surface area contributed by atoms with Crippen LogP contribution in [0.4, 0.5) is 13.2 Å². The molecule has 1 heterocycles. The average Bonchev–Trinajstić information content (AvgIpc) is 2.48. The standard InChI is InChI=1S/C14H10F3N3O2/c15-14(16,17)22-12-3-1-10(2-4-12)9-19-20-13(21)11-5-7-18-8-6-11/h1-9H,(H,20,21)/b19-9+. The molecule has 2 rings (SSSR count). The van der Waals surface area contributed by atoms with Gasteiger partial charge in [0.25, 0.3) is 5.91 Å². The molecule has 0 aliphatic heterocycles. The summed E-state index contributed by atoms with van der Waals surface area (Å²) in [5.41, 5.74) is 3.19. The number of ether oxygens (including phenoxy) is 1. The second-order valence-electron chi connectivity index (χ2n) is 4.05. The van der Waals surface area contributed by atoms with Crippen LogP contribution in [0.2, 0.25) is 0 Å². The van der Waals surface area contributed by atoms with E-state index in [1.807, 2.05) is 0 Å². The Hall–Kier alpha value is -2.90. The van der Waals surface area contributed by atoms with Crippen LogP contribution in [0.1, 0.15) is 15.9 Å². The first-order valence-electron chi connectivity index (χ1n) is 6.03. The first kappa shape index (κ1) is 15.5. The van der Waals surface area contributed by atoms with Crippen LogP contribution in [0.3, 0.4) is 0 Å². The quantitative estimate of drug-likeness (QED) is 0.697. The SMILES string of the molecule is O=C(N/N=C/c1ccc(OC(F)(F)F)cc1)c1ccncc1. The molecule has 0 saturated heterocycles. The zero-order valence-electron chi connectivity index (χ0n) is 11.0. The summed E-state index contributed by atoms with van der Waals surface area (Å²) in [6, 6.07) is 8.10. The first-order chi connectivity index (χ1) is 10.4. The van der Waals surface area contributed by atoms with E-state index < -0.39 is 12.3 Å². The summed E-state index contributed by atoms with van der Waals surface area (Å²) >= 11 is 0. The van der Waals surface area contributed by atoms with Crippen LogP contribution < -0.4 is 10.2 Å². The summed E-state index contributed by atoms with van der Waals surface area (Å²) in [7, 11) is 0. The number of halogens is 3. The fraction of sp³-hybridized carbons (Fsp3) is 0.0714. The fourth-order valence-electron chi connectivity index (χ4n) is 1.49. The van der Waals surface area contributed by atoms with E-state index in [-0.39, 0.29) is 5.75 Å². The van der Waals surface area contributed by atoms with E-state index in [1.54, 1.807) is 0 Å². The summed E-state index contributed by atoms with van der Waals surface area (Å²) in [5, 5.41) is 3.71. The lowest BCUT2D eigenvalue weighted by Gasteiger charge is -2.08. The molecule has 1 N–H and O–H groups in total. The topological polar surface area (TPSA) is 63.6 Å². The van der Waals surface area contributed by atoms with Gasteiger partial charge in [-0.05, 0) is 42.0 Å². The van der Waals surface area contributed by atoms with Crippen molar-refractivity contribution < 1.29 is 22.7 Å². The lowest BCUT2D eigenvalue weighted by Crippen LogP contribution is -2.17. The van der Waals surface area contributed by atoms with E-state index >= 15 is 0 Å². The molecule has 0 aliphatic rings. The summed E-state index contributed by atoms with van der Waals surface area (Å²) in [5.74, 6) is -0.749. The van der Waals surface area contributed by atoms with Crippen LogP contribution in [0.5, 0.6) is 5.75 Å². The third-order valence-electron chi connectivity index (χ3n) is 2.44. The molecule has 0 aliphatic carbocycles. The number of rotatable bonds is 4. The Kier molecular flexibility index (Phi) is 4.72. The summed E-state index contributed by atoms with van der Waals surface area (Å²) in [6.45, 7) is 0. The molecule has 0 bridgehead atoms. The Balaban J connectivity index is 1.92. The highest BCUT2D eigenvalue weighted by atomic mass is 19.4. The second kappa shape index (κ2) is 6.70. The van der Waals surface area contributed by atoms with Crippen molar-refractivity contribution in [3.8, 4) is 5.75 Å². The molecule has 1 amide bonds. The minimum atomic E-state index is -4.73. The van der Waals surface area contributed by atoms with Crippen LogP contribution >= 0.6 is 0 Å². The number of pyridine rings is 1. The van der Waals surface area contributed by atoms with Gasteiger partial charge in [-0.2, -0.15) is 5.10 Å². The third kappa shape index (κ3) is 4.89. The van der Waals surface area contributed by atoms with Crippen LogP contribution in [0.25, 0.3) is 0 Å². The van der Waals surface area contributed by atoms with Crippen molar-refractivity contribution in [2.75, 3.05) is 0 Å². The third-order valence-corrected chi connectivity index (χ3v) is 2.44. The Morgan fingerprint density at radius 3 is 2.36 bits per heavy atom. The van der Waals surface area contributed by atoms with Gasteiger partial charge in [0.15, 0.2) is 0 Å². The summed E-state index contributed by atoms with van der Waals surface area (Å²) < 4.78 is 39.7. The van der Waals surface area contributed by atoms with Gasteiger partial charge in [-0.25, -0.2) is 5.43 Å². The molecule has 0 unspecified atom stereocenters. The number of amides is 1. The highest BCUT2D eigenvalue weighted by molar-refractivity contribution is 5.94. The van der Waals surface area contributed by atoms with E-state index in [2.05, 4.69) is 20.2 Å². The maximum Gasteiger partial charge on any atom is 0.573 e. The van der Waals surface area contributed by atoms with Gasteiger partial charge in [0.1, 0.15) is 5.75 Å². The van der Waals surface area contributed by atoms with Crippen LogP contribution in [-0.4, -0.2) is 23.5 Å². The van der Waals surface area contributed by atoms with Crippen molar-refractivity contribution in [2.24, 2.45) is 5.10 Å². The second-order valence-corrected chi connectivity index (χ2v) is 4.05. The molecule has 2 aromatic rings. The summed E-state index contributed by atoms with van der Waals surface area (Å²) in [4.78, 5) is 15.4. The molecule has 1 aromatic heterocycles. The van der Waals surface area contributed by atoms with Gasteiger partial charge in [0.2, 0.25) is 0 Å². The minimum absolute atomic E-state index is 0.328. The Morgan fingerprint density at radius 2 is 1.77 bits per heavy atom. The fourth-order valence-corrected chi connectivity index (χ4v) is 1.49. The number of alkyl halides is 3. The number of carbonyl (C=O) groups is 1. The lowest BCUT2D eigenvalue weighted by atomic mass is 10.2. The number of hydrogen-bond donors (Lipinski definition) is 1. The van der Waals surface area contributed by atoms with E-state index in [9.17, 15) is 18.0 Å². The molecule has 0 atom stereocenters. The van der Waals surface area contributed by atoms with Crippen molar-refractivity contribution in [1.29, 1.82) is 0 Å². The van der Waals surface area contributed by atoms with E-state index in [0.717, 1.165) is 12.1 Å². The van der Waals surface area contributed by atoms with Gasteiger partial charge in [-0.3, -0.25) is 9.78 Å². The molecule has 0 radical (unpaired) electrons. The molecule has 22 heavy (non-hydrogen) atoms. The Bertz CT molecular complexity index is 655. The maximum atomic E-state index is 12.0. The van der Waals surface area contributed by atoms with Crippen molar-refractivity contribution in [3.63, 3.8) is 0 Å². The number of hydrazone groups is 1. The lowest BCUT2D eigenvalue weighted by molar-refractivity contribution is -0.274. The normalized spacial score (nSPS) is 11.4. The van der Waals surface area contributed by atoms with Crippen molar-refractivity contribution >= 4 is 12.1 Å². The van der Waals surface area contributed by atoms with Gasteiger partial charge in [-0.15, -0.1) is 13.2 Å². The highest BCUT2D eigenvalue weighted by Gasteiger charge is 2.30. The van der Waals surface area contributed by atoms with Crippen LogP contribution in [0.15, 0.2) is 53.9 Å². The molecule has 0 saturated carbocycles. The van der Waals surface area contributed by atoms with E-state index in [4.69, 9.17) is 0 Å². The maximum absolute atomic E-state index is 12.0. The molecule has 114 valence electrons. The van der Waals surface area contributed by atoms with Crippen molar-refractivity contribution in [1.82, 2.24) is 10.4 Å².